The number of fused-ring (bicyclic) bond motifs is 7. The monoisotopic (exact) mass is 492 g/mol. The smallest absolute Gasteiger partial charge is 0.120 e. The largest absolute Gasteiger partial charge is 0.491 e. The molecule has 0 aliphatic rings. The molecule has 1 aromatic heterocycles. The number of thiophene rings is 1. The fourth-order valence-corrected chi connectivity index (χ4v) is 5.47. The minimum absolute atomic E-state index is 0.0178. The summed E-state index contributed by atoms with van der Waals surface area (Å²) in [6.07, 6.45) is 0. The number of ether oxygens (including phenoxy) is 4. The Morgan fingerprint density at radius 2 is 1.03 bits per heavy atom. The number of benzene rings is 4. The summed E-state index contributed by atoms with van der Waals surface area (Å²) in [6, 6.07) is 21.1. The minimum atomic E-state index is 0.0178. The Morgan fingerprint density at radius 3 is 1.49 bits per heavy atom. The van der Waals surface area contributed by atoms with Gasteiger partial charge in [-0.15, -0.1) is 11.3 Å². The molecule has 0 atom stereocenters. The first-order valence-electron chi connectivity index (χ1n) is 11.7. The van der Waals surface area contributed by atoms with E-state index >= 15 is 0 Å². The van der Waals surface area contributed by atoms with Crippen LogP contribution in [0.3, 0.4) is 0 Å². The molecule has 182 valence electrons. The number of aliphatic hydroxyl groups excluding tert-OH is 2. The number of hydrogen-bond acceptors (Lipinski definition) is 7. The van der Waals surface area contributed by atoms with Gasteiger partial charge in [0.25, 0.3) is 0 Å². The van der Waals surface area contributed by atoms with Gasteiger partial charge in [-0.25, -0.2) is 0 Å². The predicted molar refractivity (Wildman–Crippen MR) is 141 cm³/mol. The van der Waals surface area contributed by atoms with Gasteiger partial charge in [0.2, 0.25) is 0 Å². The fourth-order valence-electron chi connectivity index (χ4n) is 4.33. The van der Waals surface area contributed by atoms with Crippen LogP contribution >= 0.6 is 11.3 Å². The SMILES string of the molecule is OCCOCCOc1ccc2c(ccc3sc4ccc5cc(OCCOCCO)ccc5c4c32)c1. The predicted octanol–water partition coefficient (Wildman–Crippen LogP) is 5.14. The molecule has 35 heavy (non-hydrogen) atoms. The number of hydrogen-bond donors (Lipinski definition) is 2. The highest BCUT2D eigenvalue weighted by Crippen LogP contribution is 2.43. The molecule has 4 aromatic carbocycles. The summed E-state index contributed by atoms with van der Waals surface area (Å²) >= 11 is 1.81. The van der Waals surface area contributed by atoms with Gasteiger partial charge in [-0.05, 0) is 57.9 Å². The second kappa shape index (κ2) is 11.2. The van der Waals surface area contributed by atoms with Gasteiger partial charge in [-0.2, -0.15) is 0 Å². The lowest BCUT2D eigenvalue weighted by Gasteiger charge is -2.10. The van der Waals surface area contributed by atoms with E-state index in [9.17, 15) is 0 Å². The molecule has 0 saturated heterocycles. The molecule has 2 N–H and O–H groups in total. The van der Waals surface area contributed by atoms with Crippen molar-refractivity contribution in [3.8, 4) is 11.5 Å². The van der Waals surface area contributed by atoms with E-state index in [0.29, 0.717) is 39.6 Å². The van der Waals surface area contributed by atoms with Crippen molar-refractivity contribution >= 4 is 53.1 Å². The summed E-state index contributed by atoms with van der Waals surface area (Å²) in [4.78, 5) is 0. The van der Waals surface area contributed by atoms with E-state index in [1.807, 2.05) is 12.1 Å². The number of rotatable bonds is 12. The lowest BCUT2D eigenvalue weighted by molar-refractivity contribution is 0.0705. The zero-order chi connectivity index (χ0) is 24.0. The lowest BCUT2D eigenvalue weighted by Crippen LogP contribution is -2.09. The van der Waals surface area contributed by atoms with Gasteiger partial charge in [0.15, 0.2) is 0 Å². The van der Waals surface area contributed by atoms with Crippen LogP contribution in [0.5, 0.6) is 11.5 Å². The van der Waals surface area contributed by atoms with Crippen LogP contribution in [-0.2, 0) is 9.47 Å². The molecule has 0 fully saturated rings. The molecular weight excluding hydrogens is 464 g/mol. The van der Waals surface area contributed by atoms with Crippen LogP contribution in [0, 0.1) is 0 Å². The van der Waals surface area contributed by atoms with Gasteiger partial charge in [0.05, 0.1) is 39.6 Å². The Labute approximate surface area is 207 Å². The molecule has 0 saturated carbocycles. The molecule has 0 aliphatic carbocycles. The summed E-state index contributed by atoms with van der Waals surface area (Å²) in [5.74, 6) is 1.61. The summed E-state index contributed by atoms with van der Waals surface area (Å²) in [6.45, 7) is 2.46. The molecule has 0 unspecified atom stereocenters. The summed E-state index contributed by atoms with van der Waals surface area (Å²) in [5, 5.41) is 24.8. The van der Waals surface area contributed by atoms with E-state index in [-0.39, 0.29) is 13.2 Å². The average molecular weight is 493 g/mol. The highest BCUT2D eigenvalue weighted by Gasteiger charge is 2.13. The summed E-state index contributed by atoms with van der Waals surface area (Å²) in [7, 11) is 0. The molecule has 0 spiro atoms. The molecule has 0 aliphatic heterocycles. The van der Waals surface area contributed by atoms with Crippen LogP contribution in [0.15, 0.2) is 60.7 Å². The van der Waals surface area contributed by atoms with Crippen LogP contribution in [0.25, 0.3) is 41.7 Å². The van der Waals surface area contributed by atoms with E-state index in [0.717, 1.165) is 22.3 Å². The van der Waals surface area contributed by atoms with Crippen molar-refractivity contribution in [2.75, 3.05) is 52.9 Å². The first-order chi connectivity index (χ1) is 17.3. The van der Waals surface area contributed by atoms with Gasteiger partial charge in [0.1, 0.15) is 24.7 Å². The van der Waals surface area contributed by atoms with E-state index in [1.165, 1.54) is 30.9 Å². The van der Waals surface area contributed by atoms with Gasteiger partial charge < -0.3 is 29.2 Å². The molecule has 6 nitrogen and oxygen atoms in total. The summed E-state index contributed by atoms with van der Waals surface area (Å²) < 4.78 is 24.7. The normalized spacial score (nSPS) is 11.7. The van der Waals surface area contributed by atoms with Crippen LogP contribution < -0.4 is 9.47 Å². The maximum atomic E-state index is 8.80. The maximum Gasteiger partial charge on any atom is 0.120 e. The van der Waals surface area contributed by atoms with Crippen LogP contribution in [0.2, 0.25) is 0 Å². The molecule has 5 aromatic rings. The van der Waals surface area contributed by atoms with Crippen molar-refractivity contribution in [3.63, 3.8) is 0 Å². The van der Waals surface area contributed by atoms with Crippen molar-refractivity contribution in [1.29, 1.82) is 0 Å². The first-order valence-corrected chi connectivity index (χ1v) is 12.5. The van der Waals surface area contributed by atoms with Crippen LogP contribution in [0.4, 0.5) is 0 Å². The molecule has 5 rings (SSSR count). The third-order valence-corrected chi connectivity index (χ3v) is 6.96. The van der Waals surface area contributed by atoms with Crippen molar-refractivity contribution in [1.82, 2.24) is 0 Å². The Morgan fingerprint density at radius 1 is 0.543 bits per heavy atom. The van der Waals surface area contributed by atoms with Crippen molar-refractivity contribution in [2.24, 2.45) is 0 Å². The standard InChI is InChI=1S/C28H28O6S/c29-9-11-31-13-15-33-21-3-5-23-19(17-21)1-7-25-27(23)28-24-6-4-22(34-16-14-32-12-10-30)18-20(24)2-8-26(28)35-25/h1-8,17-18,29-30H,9-16H2. The Bertz CT molecular complexity index is 1340. The minimum Gasteiger partial charge on any atom is -0.491 e. The quantitative estimate of drug-likeness (QED) is 0.235. The Kier molecular flexibility index (Phi) is 7.61. The molecule has 0 amide bonds. The Hall–Kier alpha value is -2.94. The topological polar surface area (TPSA) is 77.4 Å². The zero-order valence-corrected chi connectivity index (χ0v) is 20.2. The van der Waals surface area contributed by atoms with Crippen molar-refractivity contribution in [3.05, 3.63) is 60.7 Å². The average Bonchev–Trinajstić information content (AvgIpc) is 3.28. The van der Waals surface area contributed by atoms with E-state index < -0.39 is 0 Å². The highest BCUT2D eigenvalue weighted by atomic mass is 32.1. The molecular formula is C28H28O6S. The summed E-state index contributed by atoms with van der Waals surface area (Å²) in [5.41, 5.74) is 0. The third kappa shape index (κ3) is 5.19. The fraction of sp³-hybridized carbons (Fsp3) is 0.286. The molecule has 0 radical (unpaired) electrons. The van der Waals surface area contributed by atoms with Crippen molar-refractivity contribution < 1.29 is 29.2 Å². The van der Waals surface area contributed by atoms with E-state index in [4.69, 9.17) is 29.2 Å². The number of aliphatic hydroxyl groups is 2. The second-order valence-electron chi connectivity index (χ2n) is 8.11. The van der Waals surface area contributed by atoms with E-state index in [1.54, 1.807) is 11.3 Å². The van der Waals surface area contributed by atoms with Crippen LogP contribution in [-0.4, -0.2) is 63.1 Å². The maximum absolute atomic E-state index is 8.80. The van der Waals surface area contributed by atoms with Gasteiger partial charge in [-0.3, -0.25) is 0 Å². The van der Waals surface area contributed by atoms with E-state index in [2.05, 4.69) is 48.5 Å². The van der Waals surface area contributed by atoms with Crippen molar-refractivity contribution in [2.45, 2.75) is 0 Å². The second-order valence-corrected chi connectivity index (χ2v) is 9.20. The zero-order valence-electron chi connectivity index (χ0n) is 19.4. The van der Waals surface area contributed by atoms with Gasteiger partial charge in [-0.1, -0.05) is 24.3 Å². The first kappa shape index (κ1) is 23.8. The Balaban J connectivity index is 1.46. The van der Waals surface area contributed by atoms with Gasteiger partial charge in [0, 0.05) is 20.2 Å². The lowest BCUT2D eigenvalue weighted by atomic mass is 9.99. The molecule has 0 bridgehead atoms. The van der Waals surface area contributed by atoms with Gasteiger partial charge >= 0.3 is 0 Å². The van der Waals surface area contributed by atoms with Crippen LogP contribution in [0.1, 0.15) is 0 Å². The molecule has 1 heterocycles. The third-order valence-electron chi connectivity index (χ3n) is 5.84. The molecule has 7 heteroatoms. The highest BCUT2D eigenvalue weighted by molar-refractivity contribution is 7.26.